The highest BCUT2D eigenvalue weighted by atomic mass is 19.3. The number of aryl methyl sites for hydroxylation is 2. The molecule has 0 saturated heterocycles. The van der Waals surface area contributed by atoms with E-state index in [0.717, 1.165) is 12.0 Å². The van der Waals surface area contributed by atoms with Crippen LogP contribution in [0.2, 0.25) is 0 Å². The number of carboxylic acids is 1. The van der Waals surface area contributed by atoms with Gasteiger partial charge in [0.25, 0.3) is 0 Å². The smallest absolute Gasteiger partial charge is 0.387 e. The summed E-state index contributed by atoms with van der Waals surface area (Å²) in [4.78, 5) is 11.1. The number of alkyl halides is 2. The van der Waals surface area contributed by atoms with Crippen molar-refractivity contribution in [3.8, 4) is 5.75 Å². The number of aliphatic carboxylic acids is 1. The fourth-order valence-electron chi connectivity index (χ4n) is 2.26. The molecule has 0 amide bonds. The number of hydrogen-bond acceptors (Lipinski definition) is 3. The van der Waals surface area contributed by atoms with Gasteiger partial charge in [0.15, 0.2) is 0 Å². The maximum absolute atomic E-state index is 12.3. The van der Waals surface area contributed by atoms with Crippen LogP contribution in [-0.2, 0) is 11.3 Å². The molecule has 0 bridgehead atoms. The van der Waals surface area contributed by atoms with Gasteiger partial charge in [0.05, 0.1) is 0 Å². The van der Waals surface area contributed by atoms with Crippen LogP contribution in [0.1, 0.15) is 36.5 Å². The third-order valence-electron chi connectivity index (χ3n) is 3.16. The third kappa shape index (κ3) is 5.30. The summed E-state index contributed by atoms with van der Waals surface area (Å²) >= 11 is 0. The molecule has 118 valence electrons. The Morgan fingerprint density at radius 1 is 1.33 bits per heavy atom. The summed E-state index contributed by atoms with van der Waals surface area (Å²) in [7, 11) is 0. The predicted octanol–water partition coefficient (Wildman–Crippen LogP) is 3.25. The van der Waals surface area contributed by atoms with E-state index in [2.05, 4.69) is 10.1 Å². The Bertz CT molecular complexity index is 469. The Morgan fingerprint density at radius 3 is 2.33 bits per heavy atom. The van der Waals surface area contributed by atoms with Gasteiger partial charge in [-0.3, -0.25) is 4.79 Å². The first-order chi connectivity index (χ1) is 9.85. The fourth-order valence-corrected chi connectivity index (χ4v) is 2.26. The highest BCUT2D eigenvalue weighted by Crippen LogP contribution is 2.26. The number of benzene rings is 1. The minimum atomic E-state index is -2.85. The van der Waals surface area contributed by atoms with Crippen LogP contribution in [0.3, 0.4) is 0 Å². The monoisotopic (exact) mass is 301 g/mol. The van der Waals surface area contributed by atoms with Gasteiger partial charge in [0.2, 0.25) is 0 Å². The van der Waals surface area contributed by atoms with Gasteiger partial charge in [-0.25, -0.2) is 0 Å². The second-order valence-corrected chi connectivity index (χ2v) is 5.00. The normalized spacial score (nSPS) is 12.5. The van der Waals surface area contributed by atoms with E-state index in [1.54, 1.807) is 26.0 Å². The second-order valence-electron chi connectivity index (χ2n) is 5.00. The zero-order valence-electron chi connectivity index (χ0n) is 12.5. The van der Waals surface area contributed by atoms with Crippen LogP contribution in [0.15, 0.2) is 12.1 Å². The Morgan fingerprint density at radius 2 is 1.90 bits per heavy atom. The molecule has 0 aliphatic rings. The van der Waals surface area contributed by atoms with Gasteiger partial charge < -0.3 is 15.2 Å². The Hall–Kier alpha value is -1.69. The average Bonchev–Trinajstić information content (AvgIpc) is 2.38. The molecule has 0 heterocycles. The van der Waals surface area contributed by atoms with E-state index < -0.39 is 18.6 Å². The summed E-state index contributed by atoms with van der Waals surface area (Å²) in [6.07, 6.45) is 1.31. The maximum atomic E-state index is 12.3. The quantitative estimate of drug-likeness (QED) is 0.774. The van der Waals surface area contributed by atoms with Crippen molar-refractivity contribution in [2.24, 2.45) is 0 Å². The number of rotatable bonds is 8. The first-order valence-electron chi connectivity index (χ1n) is 6.86. The zero-order valence-corrected chi connectivity index (χ0v) is 12.5. The molecule has 0 spiro atoms. The van der Waals surface area contributed by atoms with E-state index >= 15 is 0 Å². The molecule has 1 aromatic rings. The minimum Gasteiger partial charge on any atom is -0.480 e. The van der Waals surface area contributed by atoms with E-state index in [0.29, 0.717) is 24.1 Å². The Kier molecular flexibility index (Phi) is 6.55. The van der Waals surface area contributed by atoms with Gasteiger partial charge >= 0.3 is 12.6 Å². The molecule has 2 N–H and O–H groups in total. The highest BCUT2D eigenvalue weighted by molar-refractivity contribution is 5.73. The number of halogens is 2. The van der Waals surface area contributed by atoms with Crippen molar-refractivity contribution in [3.63, 3.8) is 0 Å². The Labute approximate surface area is 123 Å². The van der Waals surface area contributed by atoms with Gasteiger partial charge in [-0.05, 0) is 37.0 Å². The molecule has 0 aliphatic carbocycles. The molecule has 1 rings (SSSR count). The molecule has 0 fully saturated rings. The van der Waals surface area contributed by atoms with Crippen LogP contribution in [0.4, 0.5) is 8.78 Å². The van der Waals surface area contributed by atoms with Crippen molar-refractivity contribution in [2.45, 2.75) is 52.8 Å². The summed E-state index contributed by atoms with van der Waals surface area (Å²) in [5.74, 6) is -0.708. The lowest BCUT2D eigenvalue weighted by Crippen LogP contribution is -2.36. The van der Waals surface area contributed by atoms with Crippen molar-refractivity contribution in [1.82, 2.24) is 5.32 Å². The van der Waals surface area contributed by atoms with E-state index in [4.69, 9.17) is 5.11 Å². The fraction of sp³-hybridized carbons (Fsp3) is 0.533. The van der Waals surface area contributed by atoms with Crippen LogP contribution in [-0.4, -0.2) is 23.7 Å². The lowest BCUT2D eigenvalue weighted by molar-refractivity contribution is -0.139. The van der Waals surface area contributed by atoms with E-state index in [9.17, 15) is 13.6 Å². The molecule has 4 nitrogen and oxygen atoms in total. The molecule has 1 atom stereocenters. The highest BCUT2D eigenvalue weighted by Gasteiger charge is 2.16. The first-order valence-corrected chi connectivity index (χ1v) is 6.86. The van der Waals surface area contributed by atoms with Gasteiger partial charge in [-0.15, -0.1) is 0 Å². The molecule has 1 aromatic carbocycles. The number of carbonyl (C=O) groups is 1. The van der Waals surface area contributed by atoms with Crippen LogP contribution in [0.25, 0.3) is 0 Å². The molecule has 0 radical (unpaired) electrons. The third-order valence-corrected chi connectivity index (χ3v) is 3.16. The molecule has 0 saturated carbocycles. The summed E-state index contributed by atoms with van der Waals surface area (Å²) in [5.41, 5.74) is 2.05. The zero-order chi connectivity index (χ0) is 16.0. The number of ether oxygens (including phenoxy) is 1. The van der Waals surface area contributed by atoms with Crippen LogP contribution in [0, 0.1) is 13.8 Å². The predicted molar refractivity (Wildman–Crippen MR) is 75.7 cm³/mol. The number of hydrogen-bond donors (Lipinski definition) is 2. The lowest BCUT2D eigenvalue weighted by Gasteiger charge is -2.16. The van der Waals surface area contributed by atoms with Crippen molar-refractivity contribution in [1.29, 1.82) is 0 Å². The average molecular weight is 301 g/mol. The van der Waals surface area contributed by atoms with E-state index in [-0.39, 0.29) is 5.75 Å². The molecular formula is C15H21F2NO3. The van der Waals surface area contributed by atoms with Gasteiger partial charge in [0.1, 0.15) is 11.8 Å². The lowest BCUT2D eigenvalue weighted by atomic mass is 10.0. The van der Waals surface area contributed by atoms with Gasteiger partial charge in [0, 0.05) is 6.54 Å². The van der Waals surface area contributed by atoms with Gasteiger partial charge in [-0.2, -0.15) is 8.78 Å². The van der Waals surface area contributed by atoms with E-state index in [1.807, 2.05) is 6.92 Å². The molecular weight excluding hydrogens is 280 g/mol. The van der Waals surface area contributed by atoms with Crippen LogP contribution < -0.4 is 10.1 Å². The summed E-state index contributed by atoms with van der Waals surface area (Å²) in [6.45, 7) is 2.81. The van der Waals surface area contributed by atoms with Gasteiger partial charge in [-0.1, -0.05) is 25.5 Å². The summed E-state index contributed by atoms with van der Waals surface area (Å²) in [5, 5.41) is 12.0. The SMILES string of the molecule is CCCC(NCc1cc(C)c(OC(F)F)c(C)c1)C(=O)O. The second kappa shape index (κ2) is 7.93. The Balaban J connectivity index is 2.79. The molecule has 21 heavy (non-hydrogen) atoms. The van der Waals surface area contributed by atoms with Crippen molar-refractivity contribution >= 4 is 5.97 Å². The number of carboxylic acid groups (broad SMARTS) is 1. The topological polar surface area (TPSA) is 58.6 Å². The number of nitrogens with one attached hydrogen (secondary N) is 1. The van der Waals surface area contributed by atoms with Crippen molar-refractivity contribution < 1.29 is 23.4 Å². The van der Waals surface area contributed by atoms with Crippen molar-refractivity contribution in [3.05, 3.63) is 28.8 Å². The summed E-state index contributed by atoms with van der Waals surface area (Å²) < 4.78 is 29.1. The van der Waals surface area contributed by atoms with Crippen LogP contribution in [0.5, 0.6) is 5.75 Å². The van der Waals surface area contributed by atoms with Crippen LogP contribution >= 0.6 is 0 Å². The van der Waals surface area contributed by atoms with E-state index in [1.165, 1.54) is 0 Å². The maximum Gasteiger partial charge on any atom is 0.387 e. The van der Waals surface area contributed by atoms with Crippen molar-refractivity contribution in [2.75, 3.05) is 0 Å². The summed E-state index contributed by atoms with van der Waals surface area (Å²) in [6, 6.07) is 2.85. The molecule has 0 aliphatic heterocycles. The molecule has 1 unspecified atom stereocenters. The molecule has 6 heteroatoms. The molecule has 0 aromatic heterocycles. The largest absolute Gasteiger partial charge is 0.480 e. The standard InChI is InChI=1S/C15H21F2NO3/c1-4-5-12(14(19)20)18-8-11-6-9(2)13(10(3)7-11)21-15(16)17/h6-7,12,15,18H,4-5,8H2,1-3H3,(H,19,20). The minimum absolute atomic E-state index is 0.178. The first kappa shape index (κ1) is 17.4.